The van der Waals surface area contributed by atoms with E-state index in [1.165, 1.54) is 0 Å². The fourth-order valence-electron chi connectivity index (χ4n) is 2.39. The van der Waals surface area contributed by atoms with E-state index < -0.39 is 0 Å². The summed E-state index contributed by atoms with van der Waals surface area (Å²) in [6.07, 6.45) is 0. The molecule has 3 rings (SSSR count). The van der Waals surface area contributed by atoms with Gasteiger partial charge < -0.3 is 4.57 Å². The number of hydrogen-bond donors (Lipinski definition) is 0. The molecule has 0 saturated heterocycles. The van der Waals surface area contributed by atoms with Crippen molar-refractivity contribution in [1.82, 2.24) is 9.55 Å². The lowest BCUT2D eigenvalue weighted by atomic mass is 10.2. The molecule has 1 heterocycles. The SMILES string of the molecule is CCn1c(-c2cc(Cl)ccc2Br)nc2cc(C#N)ccc21. The van der Waals surface area contributed by atoms with Crippen molar-refractivity contribution in [3.63, 3.8) is 0 Å². The van der Waals surface area contributed by atoms with Crippen molar-refractivity contribution in [2.75, 3.05) is 0 Å². The van der Waals surface area contributed by atoms with Gasteiger partial charge in [-0.2, -0.15) is 5.26 Å². The van der Waals surface area contributed by atoms with Gasteiger partial charge in [0, 0.05) is 21.6 Å². The fourth-order valence-corrected chi connectivity index (χ4v) is 2.99. The molecule has 1 aromatic heterocycles. The summed E-state index contributed by atoms with van der Waals surface area (Å²) in [7, 11) is 0. The number of rotatable bonds is 2. The number of nitriles is 1. The Bertz CT molecular complexity index is 877. The van der Waals surface area contributed by atoms with E-state index in [1.807, 2.05) is 36.4 Å². The first kappa shape index (κ1) is 14.1. The summed E-state index contributed by atoms with van der Waals surface area (Å²) in [5.41, 5.74) is 3.38. The van der Waals surface area contributed by atoms with Crippen LogP contribution in [0.4, 0.5) is 0 Å². The zero-order valence-electron chi connectivity index (χ0n) is 11.3. The standard InChI is InChI=1S/C16H11BrClN3/c1-2-21-15-6-3-10(9-19)7-14(15)20-16(21)12-8-11(18)4-5-13(12)17/h3-8H,2H2,1H3. The summed E-state index contributed by atoms with van der Waals surface area (Å²) in [5.74, 6) is 0.844. The van der Waals surface area contributed by atoms with Gasteiger partial charge in [-0.3, -0.25) is 0 Å². The van der Waals surface area contributed by atoms with Crippen LogP contribution in [0.5, 0.6) is 0 Å². The average molecular weight is 361 g/mol. The summed E-state index contributed by atoms with van der Waals surface area (Å²) in [6.45, 7) is 2.86. The minimum absolute atomic E-state index is 0.611. The van der Waals surface area contributed by atoms with Gasteiger partial charge in [-0.25, -0.2) is 4.98 Å². The second-order valence-corrected chi connectivity index (χ2v) is 5.91. The summed E-state index contributed by atoms with van der Waals surface area (Å²) >= 11 is 9.66. The van der Waals surface area contributed by atoms with Crippen molar-refractivity contribution in [3.8, 4) is 17.5 Å². The number of imidazole rings is 1. The second-order valence-electron chi connectivity index (χ2n) is 4.62. The molecule has 21 heavy (non-hydrogen) atoms. The van der Waals surface area contributed by atoms with Crippen LogP contribution in [0.3, 0.4) is 0 Å². The summed E-state index contributed by atoms with van der Waals surface area (Å²) in [4.78, 5) is 4.69. The Hall–Kier alpha value is -1.83. The predicted molar refractivity (Wildman–Crippen MR) is 88.3 cm³/mol. The van der Waals surface area contributed by atoms with Crippen LogP contribution >= 0.6 is 27.5 Å². The van der Waals surface area contributed by atoms with Crippen LogP contribution in [-0.4, -0.2) is 9.55 Å². The molecule has 0 N–H and O–H groups in total. The lowest BCUT2D eigenvalue weighted by molar-refractivity contribution is 0.796. The highest BCUT2D eigenvalue weighted by molar-refractivity contribution is 9.10. The highest BCUT2D eigenvalue weighted by Gasteiger charge is 2.14. The number of aromatic nitrogens is 2. The molecule has 0 aliphatic heterocycles. The maximum atomic E-state index is 9.02. The largest absolute Gasteiger partial charge is 0.324 e. The van der Waals surface area contributed by atoms with Crippen molar-refractivity contribution < 1.29 is 0 Å². The van der Waals surface area contributed by atoms with E-state index >= 15 is 0 Å². The maximum absolute atomic E-state index is 9.02. The van der Waals surface area contributed by atoms with E-state index in [2.05, 4.69) is 38.5 Å². The molecule has 0 unspecified atom stereocenters. The van der Waals surface area contributed by atoms with Gasteiger partial charge in [0.15, 0.2) is 0 Å². The lowest BCUT2D eigenvalue weighted by Gasteiger charge is -2.08. The Morgan fingerprint density at radius 3 is 2.81 bits per heavy atom. The molecule has 0 spiro atoms. The van der Waals surface area contributed by atoms with E-state index in [0.29, 0.717) is 10.6 Å². The minimum atomic E-state index is 0.611. The highest BCUT2D eigenvalue weighted by Crippen LogP contribution is 2.32. The third-order valence-corrected chi connectivity index (χ3v) is 4.29. The quantitative estimate of drug-likeness (QED) is 0.644. The lowest BCUT2D eigenvalue weighted by Crippen LogP contribution is -1.98. The van der Waals surface area contributed by atoms with Crippen molar-refractivity contribution in [1.29, 1.82) is 5.26 Å². The van der Waals surface area contributed by atoms with Gasteiger partial charge in [0.2, 0.25) is 0 Å². The van der Waals surface area contributed by atoms with Crippen LogP contribution in [-0.2, 0) is 6.54 Å². The van der Waals surface area contributed by atoms with Gasteiger partial charge in [-0.15, -0.1) is 0 Å². The zero-order chi connectivity index (χ0) is 15.0. The Labute approximate surface area is 135 Å². The van der Waals surface area contributed by atoms with E-state index in [9.17, 15) is 0 Å². The zero-order valence-corrected chi connectivity index (χ0v) is 13.6. The van der Waals surface area contributed by atoms with Gasteiger partial charge in [0.05, 0.1) is 22.7 Å². The van der Waals surface area contributed by atoms with Crippen LogP contribution in [0.2, 0.25) is 5.02 Å². The molecule has 3 nitrogen and oxygen atoms in total. The first-order valence-electron chi connectivity index (χ1n) is 6.50. The van der Waals surface area contributed by atoms with Crippen molar-refractivity contribution in [3.05, 3.63) is 51.5 Å². The summed E-state index contributed by atoms with van der Waals surface area (Å²) < 4.78 is 3.06. The van der Waals surface area contributed by atoms with Crippen LogP contribution in [0.1, 0.15) is 12.5 Å². The Kier molecular flexibility index (Phi) is 3.71. The smallest absolute Gasteiger partial charge is 0.142 e. The van der Waals surface area contributed by atoms with Crippen LogP contribution in [0, 0.1) is 11.3 Å². The predicted octanol–water partition coefficient (Wildman–Crippen LogP) is 5.01. The molecule has 0 saturated carbocycles. The molecule has 0 fully saturated rings. The summed E-state index contributed by atoms with van der Waals surface area (Å²) in [6, 6.07) is 13.3. The summed E-state index contributed by atoms with van der Waals surface area (Å²) in [5, 5.41) is 9.69. The third-order valence-electron chi connectivity index (χ3n) is 3.36. The molecule has 0 atom stereocenters. The molecular weight excluding hydrogens is 350 g/mol. The highest BCUT2D eigenvalue weighted by atomic mass is 79.9. The molecular formula is C16H11BrClN3. The Morgan fingerprint density at radius 2 is 2.10 bits per heavy atom. The molecule has 0 amide bonds. The first-order chi connectivity index (χ1) is 10.1. The third kappa shape index (κ3) is 2.44. The van der Waals surface area contributed by atoms with Gasteiger partial charge in [-0.1, -0.05) is 27.5 Å². The van der Waals surface area contributed by atoms with Crippen molar-refractivity contribution in [2.24, 2.45) is 0 Å². The second kappa shape index (κ2) is 5.51. The maximum Gasteiger partial charge on any atom is 0.142 e. The van der Waals surface area contributed by atoms with E-state index in [-0.39, 0.29) is 0 Å². The van der Waals surface area contributed by atoms with Crippen LogP contribution in [0.25, 0.3) is 22.4 Å². The van der Waals surface area contributed by atoms with Crippen LogP contribution in [0.15, 0.2) is 40.9 Å². The van der Waals surface area contributed by atoms with Gasteiger partial charge in [0.1, 0.15) is 5.82 Å². The molecule has 104 valence electrons. The van der Waals surface area contributed by atoms with E-state index in [0.717, 1.165) is 33.4 Å². The Morgan fingerprint density at radius 1 is 1.29 bits per heavy atom. The molecule has 0 aliphatic carbocycles. The molecule has 3 aromatic rings. The topological polar surface area (TPSA) is 41.6 Å². The number of halogens is 2. The Balaban J connectivity index is 2.32. The normalized spacial score (nSPS) is 10.8. The van der Waals surface area contributed by atoms with E-state index in [4.69, 9.17) is 16.9 Å². The van der Waals surface area contributed by atoms with Crippen molar-refractivity contribution >= 4 is 38.6 Å². The fraction of sp³-hybridized carbons (Fsp3) is 0.125. The number of hydrogen-bond acceptors (Lipinski definition) is 2. The van der Waals surface area contributed by atoms with E-state index in [1.54, 1.807) is 0 Å². The molecule has 2 aromatic carbocycles. The van der Waals surface area contributed by atoms with Gasteiger partial charge in [0.25, 0.3) is 0 Å². The minimum Gasteiger partial charge on any atom is -0.324 e. The number of nitrogens with zero attached hydrogens (tertiary/aromatic N) is 3. The van der Waals surface area contributed by atoms with Crippen molar-refractivity contribution in [2.45, 2.75) is 13.5 Å². The number of aryl methyl sites for hydroxylation is 1. The average Bonchev–Trinajstić information content (AvgIpc) is 2.86. The monoisotopic (exact) mass is 359 g/mol. The molecule has 0 aliphatic rings. The molecule has 5 heteroatoms. The van der Waals surface area contributed by atoms with Gasteiger partial charge in [-0.05, 0) is 43.3 Å². The molecule has 0 bridgehead atoms. The first-order valence-corrected chi connectivity index (χ1v) is 7.67. The number of fused-ring (bicyclic) bond motifs is 1. The van der Waals surface area contributed by atoms with Gasteiger partial charge >= 0.3 is 0 Å². The van der Waals surface area contributed by atoms with Crippen LogP contribution < -0.4 is 0 Å². The number of benzene rings is 2. The molecule has 0 radical (unpaired) electrons.